The van der Waals surface area contributed by atoms with Gasteiger partial charge in [-0.05, 0) is 30.2 Å². The van der Waals surface area contributed by atoms with Crippen molar-refractivity contribution in [1.82, 2.24) is 0 Å². The van der Waals surface area contributed by atoms with Crippen molar-refractivity contribution in [3.8, 4) is 0 Å². The zero-order valence-corrected chi connectivity index (χ0v) is 9.19. The highest BCUT2D eigenvalue weighted by Gasteiger charge is 2.31. The highest BCUT2D eigenvalue weighted by molar-refractivity contribution is 6.30. The minimum atomic E-state index is -4.56. The van der Waals surface area contributed by atoms with Crippen LogP contribution in [0.2, 0.25) is 5.02 Å². The van der Waals surface area contributed by atoms with Gasteiger partial charge in [0.2, 0.25) is 0 Å². The number of benzene rings is 1. The molecule has 7 heteroatoms. The van der Waals surface area contributed by atoms with Crippen LogP contribution in [0.15, 0.2) is 18.2 Å². The summed E-state index contributed by atoms with van der Waals surface area (Å²) in [7, 11) is 0. The molecule has 96 valence electrons. The third-order valence-electron chi connectivity index (χ3n) is 2.08. The number of alkyl halides is 5. The summed E-state index contributed by atoms with van der Waals surface area (Å²) in [5, 5.41) is -0.156. The van der Waals surface area contributed by atoms with Crippen LogP contribution < -0.4 is 5.73 Å². The zero-order chi connectivity index (χ0) is 13.2. The van der Waals surface area contributed by atoms with E-state index in [0.29, 0.717) is 0 Å². The normalized spacial score (nSPS) is 14.1. The summed E-state index contributed by atoms with van der Waals surface area (Å²) in [6.45, 7) is 0. The van der Waals surface area contributed by atoms with E-state index in [0.717, 1.165) is 12.1 Å². The van der Waals surface area contributed by atoms with E-state index < -0.39 is 24.2 Å². The second-order valence-corrected chi connectivity index (χ2v) is 3.98. The maximum Gasteiger partial charge on any atom is 0.416 e. The van der Waals surface area contributed by atoms with Crippen LogP contribution in [0, 0.1) is 0 Å². The van der Waals surface area contributed by atoms with Gasteiger partial charge in [-0.1, -0.05) is 11.6 Å². The molecule has 0 heterocycles. The molecule has 1 atom stereocenters. The molecule has 0 saturated carbocycles. The number of hydrogen-bond acceptors (Lipinski definition) is 1. The summed E-state index contributed by atoms with van der Waals surface area (Å²) in [6.07, 6.45) is -7.71. The quantitative estimate of drug-likeness (QED) is 0.838. The molecule has 1 nitrogen and oxygen atoms in total. The molecule has 17 heavy (non-hydrogen) atoms. The Bertz CT molecular complexity index is 391. The molecule has 0 radical (unpaired) electrons. The zero-order valence-electron chi connectivity index (χ0n) is 8.44. The maximum atomic E-state index is 12.4. The van der Waals surface area contributed by atoms with Crippen LogP contribution in [0.1, 0.15) is 11.1 Å². The summed E-state index contributed by atoms with van der Waals surface area (Å²) in [5.41, 5.74) is 4.15. The Balaban J connectivity index is 2.98. The number of rotatable bonds is 3. The topological polar surface area (TPSA) is 26.0 Å². The standard InChI is InChI=1S/C10H9ClF5N/c11-7-2-5(3-8(17)9(12)13)1-6(4-7)10(14,15)16/h1-2,4,8-9H,3,17H2. The number of hydrogen-bond donors (Lipinski definition) is 1. The summed E-state index contributed by atoms with van der Waals surface area (Å²) in [4.78, 5) is 0. The fourth-order valence-corrected chi connectivity index (χ4v) is 1.55. The van der Waals surface area contributed by atoms with E-state index in [4.69, 9.17) is 17.3 Å². The van der Waals surface area contributed by atoms with Gasteiger partial charge in [-0.15, -0.1) is 0 Å². The number of nitrogens with two attached hydrogens (primary N) is 1. The van der Waals surface area contributed by atoms with E-state index in [1.165, 1.54) is 6.07 Å². The average Bonchev–Trinajstić information content (AvgIpc) is 2.15. The lowest BCUT2D eigenvalue weighted by Crippen LogP contribution is -2.31. The van der Waals surface area contributed by atoms with Gasteiger partial charge in [0.1, 0.15) is 0 Å². The van der Waals surface area contributed by atoms with E-state index in [2.05, 4.69) is 0 Å². The monoisotopic (exact) mass is 273 g/mol. The maximum absolute atomic E-state index is 12.4. The average molecular weight is 274 g/mol. The molecule has 1 unspecified atom stereocenters. The van der Waals surface area contributed by atoms with Crippen molar-refractivity contribution in [2.75, 3.05) is 0 Å². The first-order valence-corrected chi connectivity index (χ1v) is 4.98. The van der Waals surface area contributed by atoms with E-state index in [9.17, 15) is 22.0 Å². The fraction of sp³-hybridized carbons (Fsp3) is 0.400. The second kappa shape index (κ2) is 5.18. The molecule has 1 rings (SSSR count). The summed E-state index contributed by atoms with van der Waals surface area (Å²) in [5.74, 6) is 0. The Morgan fingerprint density at radius 1 is 1.18 bits per heavy atom. The Morgan fingerprint density at radius 3 is 2.24 bits per heavy atom. The van der Waals surface area contributed by atoms with Gasteiger partial charge in [0.25, 0.3) is 6.43 Å². The molecule has 0 aliphatic rings. The molecule has 0 aliphatic carbocycles. The summed E-state index contributed by atoms with van der Waals surface area (Å²) < 4.78 is 61.6. The second-order valence-electron chi connectivity index (χ2n) is 3.55. The molecule has 0 amide bonds. The smallest absolute Gasteiger partial charge is 0.323 e. The lowest BCUT2D eigenvalue weighted by molar-refractivity contribution is -0.137. The highest BCUT2D eigenvalue weighted by Crippen LogP contribution is 2.32. The van der Waals surface area contributed by atoms with E-state index in [1.807, 2.05) is 0 Å². The molecular weight excluding hydrogens is 265 g/mol. The summed E-state index contributed by atoms with van der Waals surface area (Å²) in [6, 6.07) is 1.20. The van der Waals surface area contributed by atoms with Gasteiger partial charge in [0, 0.05) is 5.02 Å². The SMILES string of the molecule is NC(Cc1cc(Cl)cc(C(F)(F)F)c1)C(F)F. The molecule has 0 saturated heterocycles. The molecule has 0 bridgehead atoms. The molecule has 1 aromatic carbocycles. The Kier molecular flexibility index (Phi) is 4.32. The van der Waals surface area contributed by atoms with Crippen molar-refractivity contribution in [2.45, 2.75) is 25.1 Å². The Hall–Kier alpha value is -0.880. The van der Waals surface area contributed by atoms with E-state index >= 15 is 0 Å². The minimum absolute atomic E-state index is 0.0395. The van der Waals surface area contributed by atoms with Crippen LogP contribution in [-0.2, 0) is 12.6 Å². The molecule has 0 aromatic heterocycles. The third-order valence-corrected chi connectivity index (χ3v) is 2.30. The van der Waals surface area contributed by atoms with Crippen molar-refractivity contribution in [3.63, 3.8) is 0 Å². The van der Waals surface area contributed by atoms with Crippen LogP contribution in [0.25, 0.3) is 0 Å². The van der Waals surface area contributed by atoms with Crippen molar-refractivity contribution < 1.29 is 22.0 Å². The Morgan fingerprint density at radius 2 is 1.76 bits per heavy atom. The van der Waals surface area contributed by atoms with Crippen molar-refractivity contribution >= 4 is 11.6 Å². The van der Waals surface area contributed by atoms with Gasteiger partial charge in [-0.3, -0.25) is 0 Å². The molecule has 1 aromatic rings. The molecular formula is C10H9ClF5N. The van der Waals surface area contributed by atoms with Crippen LogP contribution >= 0.6 is 11.6 Å². The number of halogens is 6. The fourth-order valence-electron chi connectivity index (χ4n) is 1.29. The van der Waals surface area contributed by atoms with Gasteiger partial charge in [0.05, 0.1) is 11.6 Å². The Labute approximate surface area is 99.4 Å². The van der Waals surface area contributed by atoms with Crippen LogP contribution in [0.5, 0.6) is 0 Å². The van der Waals surface area contributed by atoms with Crippen molar-refractivity contribution in [2.24, 2.45) is 5.73 Å². The van der Waals surface area contributed by atoms with Crippen molar-refractivity contribution in [3.05, 3.63) is 34.3 Å². The third kappa shape index (κ3) is 4.12. The lowest BCUT2D eigenvalue weighted by atomic mass is 10.0. The first kappa shape index (κ1) is 14.2. The first-order valence-electron chi connectivity index (χ1n) is 4.60. The predicted octanol–water partition coefficient (Wildman–Crippen LogP) is 3.49. The van der Waals surface area contributed by atoms with Crippen molar-refractivity contribution in [1.29, 1.82) is 0 Å². The largest absolute Gasteiger partial charge is 0.416 e. The van der Waals surface area contributed by atoms with E-state index in [-0.39, 0.29) is 17.0 Å². The van der Waals surface area contributed by atoms with Gasteiger partial charge >= 0.3 is 6.18 Å². The predicted molar refractivity (Wildman–Crippen MR) is 54.1 cm³/mol. The van der Waals surface area contributed by atoms with Gasteiger partial charge < -0.3 is 5.73 Å². The molecule has 2 N–H and O–H groups in total. The van der Waals surface area contributed by atoms with Crippen LogP contribution in [-0.4, -0.2) is 12.5 Å². The van der Waals surface area contributed by atoms with Crippen LogP contribution in [0.4, 0.5) is 22.0 Å². The lowest BCUT2D eigenvalue weighted by Gasteiger charge is -2.13. The highest BCUT2D eigenvalue weighted by atomic mass is 35.5. The van der Waals surface area contributed by atoms with E-state index in [1.54, 1.807) is 0 Å². The minimum Gasteiger partial charge on any atom is -0.323 e. The molecule has 0 aliphatic heterocycles. The first-order chi connectivity index (χ1) is 7.70. The van der Waals surface area contributed by atoms with Crippen LogP contribution in [0.3, 0.4) is 0 Å². The van der Waals surface area contributed by atoms with Gasteiger partial charge in [-0.25, -0.2) is 8.78 Å². The molecule has 0 spiro atoms. The van der Waals surface area contributed by atoms with Gasteiger partial charge in [0.15, 0.2) is 0 Å². The van der Waals surface area contributed by atoms with Gasteiger partial charge in [-0.2, -0.15) is 13.2 Å². The summed E-state index contributed by atoms with van der Waals surface area (Å²) >= 11 is 5.49. The molecule has 0 fully saturated rings.